The summed E-state index contributed by atoms with van der Waals surface area (Å²) in [5.74, 6) is -1.97. The van der Waals surface area contributed by atoms with Gasteiger partial charge >= 0.3 is 0 Å². The van der Waals surface area contributed by atoms with Crippen molar-refractivity contribution in [1.82, 2.24) is 5.32 Å². The Hall–Kier alpha value is -1.91. The molecule has 2 atom stereocenters. The highest BCUT2D eigenvalue weighted by molar-refractivity contribution is 5.97. The summed E-state index contributed by atoms with van der Waals surface area (Å²) in [6, 6.07) is 4.81. The van der Waals surface area contributed by atoms with Crippen molar-refractivity contribution in [3.8, 4) is 0 Å². The van der Waals surface area contributed by atoms with E-state index in [9.17, 15) is 14.0 Å². The SMILES string of the molecule is CC[C@H](C)[C@H](NC(=O)c1ccccc1F)C(N)=O. The third kappa shape index (κ3) is 3.29. The van der Waals surface area contributed by atoms with Crippen LogP contribution in [0.5, 0.6) is 0 Å². The highest BCUT2D eigenvalue weighted by atomic mass is 19.1. The molecular weight excluding hydrogens is 235 g/mol. The van der Waals surface area contributed by atoms with E-state index in [-0.39, 0.29) is 11.5 Å². The Labute approximate surface area is 105 Å². The molecule has 18 heavy (non-hydrogen) atoms. The van der Waals surface area contributed by atoms with E-state index in [1.165, 1.54) is 18.2 Å². The fourth-order valence-corrected chi connectivity index (χ4v) is 1.59. The highest BCUT2D eigenvalue weighted by Gasteiger charge is 2.24. The Bertz CT molecular complexity index is 448. The van der Waals surface area contributed by atoms with Gasteiger partial charge in [-0.25, -0.2) is 4.39 Å². The van der Waals surface area contributed by atoms with E-state index in [1.54, 1.807) is 13.0 Å². The summed E-state index contributed by atoms with van der Waals surface area (Å²) in [5.41, 5.74) is 5.14. The minimum atomic E-state index is -0.790. The Morgan fingerprint density at radius 2 is 2.00 bits per heavy atom. The van der Waals surface area contributed by atoms with E-state index in [2.05, 4.69) is 5.32 Å². The molecule has 0 aromatic heterocycles. The fraction of sp³-hybridized carbons (Fsp3) is 0.385. The molecule has 1 rings (SSSR count). The Morgan fingerprint density at radius 3 is 2.50 bits per heavy atom. The van der Waals surface area contributed by atoms with E-state index in [1.807, 2.05) is 6.92 Å². The van der Waals surface area contributed by atoms with Gasteiger partial charge in [0.25, 0.3) is 5.91 Å². The van der Waals surface area contributed by atoms with Crippen LogP contribution in [0.3, 0.4) is 0 Å². The Kier molecular flexibility index (Phi) is 4.83. The average molecular weight is 252 g/mol. The van der Waals surface area contributed by atoms with Crippen LogP contribution in [0, 0.1) is 11.7 Å². The van der Waals surface area contributed by atoms with Crippen LogP contribution in [0.2, 0.25) is 0 Å². The summed E-state index contributed by atoms with van der Waals surface area (Å²) < 4.78 is 13.4. The van der Waals surface area contributed by atoms with Gasteiger partial charge < -0.3 is 11.1 Å². The predicted molar refractivity (Wildman–Crippen MR) is 66.3 cm³/mol. The zero-order valence-corrected chi connectivity index (χ0v) is 10.4. The largest absolute Gasteiger partial charge is 0.368 e. The lowest BCUT2D eigenvalue weighted by Gasteiger charge is -2.21. The van der Waals surface area contributed by atoms with E-state index in [0.717, 1.165) is 0 Å². The number of nitrogens with one attached hydrogen (secondary N) is 1. The van der Waals surface area contributed by atoms with Gasteiger partial charge in [0, 0.05) is 0 Å². The second-order valence-corrected chi connectivity index (χ2v) is 4.22. The molecule has 0 radical (unpaired) electrons. The molecule has 0 aliphatic heterocycles. The van der Waals surface area contributed by atoms with Crippen molar-refractivity contribution in [3.05, 3.63) is 35.6 Å². The Morgan fingerprint density at radius 1 is 1.39 bits per heavy atom. The predicted octanol–water partition coefficient (Wildman–Crippen LogP) is 1.46. The molecule has 1 aromatic carbocycles. The molecule has 0 fully saturated rings. The van der Waals surface area contributed by atoms with Crippen molar-refractivity contribution in [2.75, 3.05) is 0 Å². The smallest absolute Gasteiger partial charge is 0.254 e. The molecule has 0 aliphatic rings. The number of hydrogen-bond acceptors (Lipinski definition) is 2. The number of primary amides is 1. The summed E-state index contributed by atoms with van der Waals surface area (Å²) in [6.07, 6.45) is 0.686. The lowest BCUT2D eigenvalue weighted by Crippen LogP contribution is -2.48. The number of halogens is 1. The van der Waals surface area contributed by atoms with Gasteiger partial charge in [-0.05, 0) is 18.1 Å². The summed E-state index contributed by atoms with van der Waals surface area (Å²) in [5, 5.41) is 2.47. The summed E-state index contributed by atoms with van der Waals surface area (Å²) in [6.45, 7) is 3.69. The first-order valence-electron chi connectivity index (χ1n) is 5.82. The van der Waals surface area contributed by atoms with Crippen LogP contribution in [0.25, 0.3) is 0 Å². The highest BCUT2D eigenvalue weighted by Crippen LogP contribution is 2.10. The summed E-state index contributed by atoms with van der Waals surface area (Å²) >= 11 is 0. The number of amides is 2. The molecule has 0 aliphatic carbocycles. The van der Waals surface area contributed by atoms with E-state index < -0.39 is 23.7 Å². The van der Waals surface area contributed by atoms with Crippen molar-refractivity contribution in [3.63, 3.8) is 0 Å². The first-order valence-corrected chi connectivity index (χ1v) is 5.82. The molecular formula is C13H17FN2O2. The topological polar surface area (TPSA) is 72.2 Å². The van der Waals surface area contributed by atoms with Crippen LogP contribution < -0.4 is 11.1 Å². The lowest BCUT2D eigenvalue weighted by molar-refractivity contribution is -0.120. The third-order valence-electron chi connectivity index (χ3n) is 2.92. The number of nitrogens with two attached hydrogens (primary N) is 1. The van der Waals surface area contributed by atoms with Crippen molar-refractivity contribution in [2.24, 2.45) is 11.7 Å². The lowest BCUT2D eigenvalue weighted by atomic mass is 9.98. The molecule has 0 unspecified atom stereocenters. The van der Waals surface area contributed by atoms with Crippen molar-refractivity contribution in [1.29, 1.82) is 0 Å². The van der Waals surface area contributed by atoms with Crippen LogP contribution in [0.15, 0.2) is 24.3 Å². The van der Waals surface area contributed by atoms with Crippen LogP contribution in [-0.4, -0.2) is 17.9 Å². The third-order valence-corrected chi connectivity index (χ3v) is 2.92. The number of carbonyl (C=O) groups is 2. The summed E-state index contributed by atoms with van der Waals surface area (Å²) in [4.78, 5) is 23.1. The number of hydrogen-bond donors (Lipinski definition) is 2. The Balaban J connectivity index is 2.86. The van der Waals surface area contributed by atoms with Gasteiger partial charge in [0.1, 0.15) is 11.9 Å². The monoisotopic (exact) mass is 252 g/mol. The number of benzene rings is 1. The maximum absolute atomic E-state index is 13.4. The van der Waals surface area contributed by atoms with Gasteiger partial charge in [-0.3, -0.25) is 9.59 Å². The first-order chi connectivity index (χ1) is 8.47. The van der Waals surface area contributed by atoms with Crippen LogP contribution in [0.1, 0.15) is 30.6 Å². The molecule has 3 N–H and O–H groups in total. The molecule has 0 saturated heterocycles. The van der Waals surface area contributed by atoms with E-state index in [4.69, 9.17) is 5.73 Å². The molecule has 0 spiro atoms. The van der Waals surface area contributed by atoms with Gasteiger partial charge in [0.05, 0.1) is 5.56 Å². The normalized spacial score (nSPS) is 13.7. The van der Waals surface area contributed by atoms with Crippen LogP contribution >= 0.6 is 0 Å². The van der Waals surface area contributed by atoms with E-state index >= 15 is 0 Å². The van der Waals surface area contributed by atoms with Gasteiger partial charge in [-0.15, -0.1) is 0 Å². The van der Waals surface area contributed by atoms with Crippen molar-refractivity contribution in [2.45, 2.75) is 26.3 Å². The maximum atomic E-state index is 13.4. The van der Waals surface area contributed by atoms with Crippen molar-refractivity contribution < 1.29 is 14.0 Å². The molecule has 1 aromatic rings. The number of rotatable bonds is 5. The summed E-state index contributed by atoms with van der Waals surface area (Å²) in [7, 11) is 0. The first kappa shape index (κ1) is 14.2. The van der Waals surface area contributed by atoms with Crippen LogP contribution in [0.4, 0.5) is 4.39 Å². The van der Waals surface area contributed by atoms with Gasteiger partial charge in [0.2, 0.25) is 5.91 Å². The second kappa shape index (κ2) is 6.14. The fourth-order valence-electron chi connectivity index (χ4n) is 1.59. The zero-order valence-electron chi connectivity index (χ0n) is 10.4. The molecule has 0 heterocycles. The second-order valence-electron chi connectivity index (χ2n) is 4.22. The average Bonchev–Trinajstić information content (AvgIpc) is 2.35. The van der Waals surface area contributed by atoms with E-state index in [0.29, 0.717) is 6.42 Å². The minimum Gasteiger partial charge on any atom is -0.368 e. The molecule has 98 valence electrons. The molecule has 5 heteroatoms. The standard InChI is InChI=1S/C13H17FN2O2/c1-3-8(2)11(12(15)17)16-13(18)9-6-4-5-7-10(9)14/h4-8,11H,3H2,1-2H3,(H2,15,17)(H,16,18)/t8-,11-/m0/s1. The van der Waals surface area contributed by atoms with Gasteiger partial charge in [-0.1, -0.05) is 32.4 Å². The molecule has 0 saturated carbocycles. The number of carbonyl (C=O) groups excluding carboxylic acids is 2. The molecule has 0 bridgehead atoms. The quantitative estimate of drug-likeness (QED) is 0.832. The van der Waals surface area contributed by atoms with Gasteiger partial charge in [0.15, 0.2) is 0 Å². The maximum Gasteiger partial charge on any atom is 0.254 e. The molecule has 4 nitrogen and oxygen atoms in total. The molecule has 2 amide bonds. The zero-order chi connectivity index (χ0) is 13.7. The van der Waals surface area contributed by atoms with Crippen molar-refractivity contribution >= 4 is 11.8 Å². The van der Waals surface area contributed by atoms with Crippen LogP contribution in [-0.2, 0) is 4.79 Å². The minimum absolute atomic E-state index is 0.0907. The van der Waals surface area contributed by atoms with Gasteiger partial charge in [-0.2, -0.15) is 0 Å².